The van der Waals surface area contributed by atoms with E-state index in [1.54, 1.807) is 14.2 Å². The molecule has 0 heterocycles. The van der Waals surface area contributed by atoms with Gasteiger partial charge in [-0.05, 0) is 12.8 Å². The largest absolute Gasteiger partial charge is 0.412 e. The Labute approximate surface area is 89.1 Å². The second-order valence-corrected chi connectivity index (χ2v) is 5.09. The monoisotopic (exact) mass is 224 g/mol. The molecule has 0 aromatic carbocycles. The third-order valence-electron chi connectivity index (χ3n) is 1.99. The molecule has 0 saturated carbocycles. The van der Waals surface area contributed by atoms with Crippen LogP contribution in [0.25, 0.3) is 0 Å². The molecule has 0 amide bonds. The average molecular weight is 224 g/mol. The van der Waals surface area contributed by atoms with Crippen molar-refractivity contribution in [1.82, 2.24) is 0 Å². The molecule has 0 aromatic rings. The van der Waals surface area contributed by atoms with E-state index < -0.39 is 9.52 Å². The fraction of sp³-hybridized carbons (Fsp3) is 1.00. The second kappa shape index (κ2) is 11.1. The molecule has 0 spiro atoms. The predicted octanol–water partition coefficient (Wildman–Crippen LogP) is 0.0696. The topological polar surface area (TPSA) is 59.2 Å². The van der Waals surface area contributed by atoms with E-state index in [0.717, 1.165) is 19.4 Å². The first kappa shape index (κ1) is 16.5. The molecule has 0 aliphatic carbocycles. The number of ether oxygens (including phenoxy) is 3. The first-order valence-electron chi connectivity index (χ1n) is 4.95. The van der Waals surface area contributed by atoms with Gasteiger partial charge in [-0.3, -0.25) is 0 Å². The standard InChI is InChI=1S/C9H22O3Si.H2O/c1-5-7-12-8(6-2)13-9(10-3)11-4;/h8-9H,5-7,13H2,1-4H3;1H2. The van der Waals surface area contributed by atoms with Crippen LogP contribution >= 0.6 is 0 Å². The van der Waals surface area contributed by atoms with Crippen molar-refractivity contribution >= 4 is 9.52 Å². The van der Waals surface area contributed by atoms with E-state index >= 15 is 0 Å². The summed E-state index contributed by atoms with van der Waals surface area (Å²) >= 11 is 0. The normalized spacial score (nSPS) is 13.5. The van der Waals surface area contributed by atoms with E-state index in [2.05, 4.69) is 13.8 Å². The lowest BCUT2D eigenvalue weighted by atomic mass is 10.5. The van der Waals surface area contributed by atoms with E-state index in [1.165, 1.54) is 0 Å². The minimum absolute atomic E-state index is 0. The Kier molecular flexibility index (Phi) is 13.1. The van der Waals surface area contributed by atoms with Gasteiger partial charge >= 0.3 is 0 Å². The van der Waals surface area contributed by atoms with Gasteiger partial charge < -0.3 is 19.7 Å². The van der Waals surface area contributed by atoms with E-state index in [4.69, 9.17) is 14.2 Å². The lowest BCUT2D eigenvalue weighted by Gasteiger charge is -2.20. The third kappa shape index (κ3) is 7.46. The smallest absolute Gasteiger partial charge is 0.137 e. The maximum absolute atomic E-state index is 5.68. The molecule has 2 N–H and O–H groups in total. The Morgan fingerprint density at radius 2 is 1.71 bits per heavy atom. The zero-order valence-corrected chi connectivity index (χ0v) is 11.1. The maximum Gasteiger partial charge on any atom is 0.137 e. The van der Waals surface area contributed by atoms with Crippen LogP contribution in [-0.2, 0) is 14.2 Å². The summed E-state index contributed by atoms with van der Waals surface area (Å²) in [5.41, 5.74) is 0.393. The zero-order chi connectivity index (χ0) is 10.1. The second-order valence-electron chi connectivity index (χ2n) is 3.04. The van der Waals surface area contributed by atoms with Crippen molar-refractivity contribution in [3.8, 4) is 0 Å². The van der Waals surface area contributed by atoms with Crippen molar-refractivity contribution in [1.29, 1.82) is 0 Å². The van der Waals surface area contributed by atoms with E-state index in [-0.39, 0.29) is 11.4 Å². The summed E-state index contributed by atoms with van der Waals surface area (Å²) in [6.45, 7) is 5.12. The molecule has 0 aromatic heterocycles. The molecule has 88 valence electrons. The van der Waals surface area contributed by atoms with Crippen LogP contribution in [0, 0.1) is 0 Å². The highest BCUT2D eigenvalue weighted by Crippen LogP contribution is 2.01. The summed E-state index contributed by atoms with van der Waals surface area (Å²) in [6, 6.07) is 0. The Morgan fingerprint density at radius 1 is 1.14 bits per heavy atom. The molecule has 0 radical (unpaired) electrons. The molecular formula is C9H24O4Si. The highest BCUT2D eigenvalue weighted by molar-refractivity contribution is 6.38. The first-order valence-corrected chi connectivity index (χ1v) is 6.58. The number of hydrogen-bond donors (Lipinski definition) is 0. The molecule has 0 aliphatic heterocycles. The van der Waals surface area contributed by atoms with Gasteiger partial charge in [0.15, 0.2) is 0 Å². The summed E-state index contributed by atoms with van der Waals surface area (Å²) in [5, 5.41) is 0. The van der Waals surface area contributed by atoms with Gasteiger partial charge in [0.1, 0.15) is 15.4 Å². The van der Waals surface area contributed by atoms with Gasteiger partial charge in [-0.1, -0.05) is 13.8 Å². The molecule has 14 heavy (non-hydrogen) atoms. The predicted molar refractivity (Wildman–Crippen MR) is 60.3 cm³/mol. The van der Waals surface area contributed by atoms with Gasteiger partial charge in [0.25, 0.3) is 0 Å². The van der Waals surface area contributed by atoms with Crippen molar-refractivity contribution in [3.05, 3.63) is 0 Å². The molecule has 0 aliphatic rings. The van der Waals surface area contributed by atoms with Gasteiger partial charge in [-0.25, -0.2) is 0 Å². The van der Waals surface area contributed by atoms with Crippen molar-refractivity contribution in [2.24, 2.45) is 0 Å². The quantitative estimate of drug-likeness (QED) is 0.433. The summed E-state index contributed by atoms with van der Waals surface area (Å²) < 4.78 is 16.0. The van der Waals surface area contributed by atoms with Gasteiger partial charge in [0, 0.05) is 26.6 Å². The van der Waals surface area contributed by atoms with Crippen molar-refractivity contribution in [3.63, 3.8) is 0 Å². The zero-order valence-electron chi connectivity index (χ0n) is 9.71. The summed E-state index contributed by atoms with van der Waals surface area (Å²) in [7, 11) is 2.93. The molecule has 0 bridgehead atoms. The Morgan fingerprint density at radius 3 is 2.07 bits per heavy atom. The van der Waals surface area contributed by atoms with Gasteiger partial charge in [0.2, 0.25) is 0 Å². The van der Waals surface area contributed by atoms with Crippen LogP contribution < -0.4 is 0 Å². The van der Waals surface area contributed by atoms with E-state index in [0.29, 0.717) is 5.73 Å². The lowest BCUT2D eigenvalue weighted by Crippen LogP contribution is -2.33. The fourth-order valence-electron chi connectivity index (χ4n) is 1.14. The SMILES string of the molecule is CCCOC(CC)[SiH2]C(OC)OC.O. The molecule has 0 rings (SSSR count). The first-order chi connectivity index (χ1) is 6.28. The number of hydrogen-bond acceptors (Lipinski definition) is 3. The molecule has 1 atom stereocenters. The van der Waals surface area contributed by atoms with Crippen LogP contribution in [0.1, 0.15) is 26.7 Å². The van der Waals surface area contributed by atoms with Crippen LogP contribution in [0.3, 0.4) is 0 Å². The summed E-state index contributed by atoms with van der Waals surface area (Å²) in [4.78, 5) is 0. The van der Waals surface area contributed by atoms with Crippen molar-refractivity contribution in [2.45, 2.75) is 38.3 Å². The minimum Gasteiger partial charge on any atom is -0.412 e. The highest BCUT2D eigenvalue weighted by Gasteiger charge is 2.15. The van der Waals surface area contributed by atoms with Crippen LogP contribution in [0.4, 0.5) is 0 Å². The summed E-state index contributed by atoms with van der Waals surface area (Å²) in [5.74, 6) is 0.00167. The molecule has 5 heteroatoms. The Balaban J connectivity index is 0. The molecular weight excluding hydrogens is 200 g/mol. The highest BCUT2D eigenvalue weighted by atomic mass is 28.2. The lowest BCUT2D eigenvalue weighted by molar-refractivity contribution is -0.0495. The van der Waals surface area contributed by atoms with Crippen LogP contribution in [0.2, 0.25) is 0 Å². The fourth-order valence-corrected chi connectivity index (χ4v) is 2.59. The van der Waals surface area contributed by atoms with Crippen LogP contribution in [0.5, 0.6) is 0 Å². The minimum atomic E-state index is -0.448. The van der Waals surface area contributed by atoms with Gasteiger partial charge in [0.05, 0.1) is 0 Å². The van der Waals surface area contributed by atoms with Crippen molar-refractivity contribution < 1.29 is 19.7 Å². The molecule has 1 unspecified atom stereocenters. The number of methoxy groups -OCH3 is 2. The van der Waals surface area contributed by atoms with Crippen LogP contribution in [-0.4, -0.2) is 47.5 Å². The number of rotatable bonds is 8. The summed E-state index contributed by atoms with van der Waals surface area (Å²) in [6.07, 6.45) is 2.14. The van der Waals surface area contributed by atoms with Crippen molar-refractivity contribution in [2.75, 3.05) is 20.8 Å². The Bertz CT molecular complexity index is 109. The van der Waals surface area contributed by atoms with Gasteiger partial charge in [-0.2, -0.15) is 0 Å². The van der Waals surface area contributed by atoms with Crippen LogP contribution in [0.15, 0.2) is 0 Å². The van der Waals surface area contributed by atoms with Gasteiger partial charge in [-0.15, -0.1) is 0 Å². The van der Waals surface area contributed by atoms with E-state index in [1.807, 2.05) is 0 Å². The third-order valence-corrected chi connectivity index (χ3v) is 4.38. The van der Waals surface area contributed by atoms with E-state index in [9.17, 15) is 0 Å². The molecule has 0 saturated heterocycles. The Hall–Kier alpha value is 0.0569. The maximum atomic E-state index is 5.68. The molecule has 0 fully saturated rings. The average Bonchev–Trinajstić information content (AvgIpc) is 2.19. The molecule has 4 nitrogen and oxygen atoms in total.